The van der Waals surface area contributed by atoms with Gasteiger partial charge in [0, 0.05) is 35.5 Å². The molecule has 0 radical (unpaired) electrons. The molecule has 4 rings (SSSR count). The first-order chi connectivity index (χ1) is 17.6. The lowest BCUT2D eigenvalue weighted by molar-refractivity contribution is -0.116. The van der Waals surface area contributed by atoms with Crippen molar-refractivity contribution in [2.45, 2.75) is 12.8 Å². The molecule has 0 aliphatic heterocycles. The number of aryl methyl sites for hydroxylation is 1. The van der Waals surface area contributed by atoms with E-state index < -0.39 is 0 Å². The van der Waals surface area contributed by atoms with Crippen LogP contribution in [0.5, 0.6) is 17.2 Å². The second-order valence-corrected chi connectivity index (χ2v) is 7.94. The summed E-state index contributed by atoms with van der Waals surface area (Å²) in [5.41, 5.74) is 4.03. The van der Waals surface area contributed by atoms with Crippen molar-refractivity contribution < 1.29 is 19.0 Å². The zero-order chi connectivity index (χ0) is 25.3. The van der Waals surface area contributed by atoms with Gasteiger partial charge in [0.2, 0.25) is 11.7 Å². The minimum atomic E-state index is -0.0418. The number of benzene rings is 3. The van der Waals surface area contributed by atoms with Gasteiger partial charge < -0.3 is 24.8 Å². The van der Waals surface area contributed by atoms with Gasteiger partial charge in [-0.25, -0.2) is 4.98 Å². The van der Waals surface area contributed by atoms with Crippen molar-refractivity contribution in [2.24, 2.45) is 0 Å². The summed E-state index contributed by atoms with van der Waals surface area (Å²) in [4.78, 5) is 21.5. The van der Waals surface area contributed by atoms with Gasteiger partial charge in [-0.3, -0.25) is 9.78 Å². The summed E-state index contributed by atoms with van der Waals surface area (Å²) in [5, 5.41) is 6.21. The average Bonchev–Trinajstić information content (AvgIpc) is 2.92. The number of nitrogens with one attached hydrogen (secondary N) is 2. The van der Waals surface area contributed by atoms with Crippen LogP contribution in [-0.2, 0) is 11.2 Å². The molecule has 0 fully saturated rings. The zero-order valence-electron chi connectivity index (χ0n) is 20.4. The van der Waals surface area contributed by atoms with E-state index >= 15 is 0 Å². The number of rotatable bonds is 10. The predicted octanol–water partition coefficient (Wildman–Crippen LogP) is 5.48. The molecule has 1 aromatic heterocycles. The predicted molar refractivity (Wildman–Crippen MR) is 140 cm³/mol. The van der Waals surface area contributed by atoms with E-state index in [-0.39, 0.29) is 5.91 Å². The number of hydrogen-bond acceptors (Lipinski definition) is 7. The van der Waals surface area contributed by atoms with Crippen molar-refractivity contribution in [3.63, 3.8) is 0 Å². The van der Waals surface area contributed by atoms with E-state index in [1.807, 2.05) is 54.6 Å². The summed E-state index contributed by atoms with van der Waals surface area (Å²) < 4.78 is 16.2. The zero-order valence-corrected chi connectivity index (χ0v) is 20.4. The van der Waals surface area contributed by atoms with Crippen LogP contribution in [0.1, 0.15) is 12.0 Å². The third-order valence-corrected chi connectivity index (χ3v) is 5.50. The Labute approximate surface area is 210 Å². The molecule has 0 aliphatic rings. The van der Waals surface area contributed by atoms with E-state index in [1.165, 1.54) is 0 Å². The summed E-state index contributed by atoms with van der Waals surface area (Å²) in [7, 11) is 4.69. The fourth-order valence-electron chi connectivity index (χ4n) is 3.75. The summed E-state index contributed by atoms with van der Waals surface area (Å²) in [6, 6.07) is 21.1. The second-order valence-electron chi connectivity index (χ2n) is 7.94. The fraction of sp³-hybridized carbons (Fsp3) is 0.179. The van der Waals surface area contributed by atoms with E-state index in [0.29, 0.717) is 53.0 Å². The molecule has 3 aromatic carbocycles. The molecule has 184 valence electrons. The van der Waals surface area contributed by atoms with Gasteiger partial charge in [-0.15, -0.1) is 0 Å². The Balaban J connectivity index is 1.47. The Kier molecular flexibility index (Phi) is 7.97. The first kappa shape index (κ1) is 24.5. The molecular formula is C28H28N4O4. The molecule has 1 amide bonds. The lowest BCUT2D eigenvalue weighted by atomic mass is 10.1. The minimum absolute atomic E-state index is 0.0418. The molecule has 0 bridgehead atoms. The van der Waals surface area contributed by atoms with Crippen molar-refractivity contribution in [2.75, 3.05) is 32.0 Å². The Morgan fingerprint density at radius 1 is 0.833 bits per heavy atom. The van der Waals surface area contributed by atoms with Crippen LogP contribution in [0.3, 0.4) is 0 Å². The first-order valence-electron chi connectivity index (χ1n) is 11.4. The monoisotopic (exact) mass is 484 g/mol. The quantitative estimate of drug-likeness (QED) is 0.308. The lowest BCUT2D eigenvalue weighted by Gasteiger charge is -2.15. The molecule has 0 spiro atoms. The lowest BCUT2D eigenvalue weighted by Crippen LogP contribution is -2.12. The number of carbonyl (C=O) groups is 1. The SMILES string of the molecule is COc1cc(Nc2cncc(-c3cccc(NC(=O)CCc4ccccc4)c3)n2)cc(OC)c1OC. The van der Waals surface area contributed by atoms with E-state index in [2.05, 4.69) is 20.6 Å². The van der Waals surface area contributed by atoms with Gasteiger partial charge in [0.15, 0.2) is 11.5 Å². The normalized spacial score (nSPS) is 10.4. The number of amides is 1. The van der Waals surface area contributed by atoms with Crippen molar-refractivity contribution >= 4 is 23.1 Å². The maximum absolute atomic E-state index is 12.5. The molecule has 4 aromatic rings. The maximum Gasteiger partial charge on any atom is 0.224 e. The van der Waals surface area contributed by atoms with Crippen LogP contribution in [0.4, 0.5) is 17.2 Å². The molecule has 8 heteroatoms. The van der Waals surface area contributed by atoms with Gasteiger partial charge in [-0.05, 0) is 24.1 Å². The number of nitrogens with zero attached hydrogens (tertiary/aromatic N) is 2. The van der Waals surface area contributed by atoms with Crippen LogP contribution >= 0.6 is 0 Å². The van der Waals surface area contributed by atoms with Crippen LogP contribution in [0.2, 0.25) is 0 Å². The van der Waals surface area contributed by atoms with Crippen LogP contribution in [0.15, 0.2) is 79.1 Å². The Morgan fingerprint density at radius 3 is 2.28 bits per heavy atom. The van der Waals surface area contributed by atoms with Crippen LogP contribution in [-0.4, -0.2) is 37.2 Å². The van der Waals surface area contributed by atoms with Crippen LogP contribution in [0, 0.1) is 0 Å². The van der Waals surface area contributed by atoms with E-state index in [9.17, 15) is 4.79 Å². The average molecular weight is 485 g/mol. The standard InChI is InChI=1S/C28H28N4O4/c1-34-24-15-22(16-25(35-2)28(24)36-3)30-26-18-29-17-23(32-26)20-10-7-11-21(14-20)31-27(33)13-12-19-8-5-4-6-9-19/h4-11,14-18H,12-13H2,1-3H3,(H,30,32)(H,31,33). The minimum Gasteiger partial charge on any atom is -0.493 e. The molecule has 8 nitrogen and oxygen atoms in total. The van der Waals surface area contributed by atoms with Crippen molar-refractivity contribution in [1.29, 1.82) is 0 Å². The Morgan fingerprint density at radius 2 is 1.58 bits per heavy atom. The molecule has 0 saturated carbocycles. The number of ether oxygens (including phenoxy) is 3. The molecule has 0 saturated heterocycles. The number of hydrogen-bond donors (Lipinski definition) is 2. The van der Waals surface area contributed by atoms with Gasteiger partial charge in [0.25, 0.3) is 0 Å². The summed E-state index contributed by atoms with van der Waals surface area (Å²) in [6.07, 6.45) is 4.40. The number of methoxy groups -OCH3 is 3. The van der Waals surface area contributed by atoms with E-state index in [1.54, 1.807) is 45.9 Å². The van der Waals surface area contributed by atoms with Crippen LogP contribution in [0.25, 0.3) is 11.3 Å². The highest BCUT2D eigenvalue weighted by Crippen LogP contribution is 2.40. The smallest absolute Gasteiger partial charge is 0.224 e. The number of carbonyl (C=O) groups excluding carboxylic acids is 1. The van der Waals surface area contributed by atoms with E-state index in [4.69, 9.17) is 14.2 Å². The van der Waals surface area contributed by atoms with Crippen LogP contribution < -0.4 is 24.8 Å². The van der Waals surface area contributed by atoms with Crippen molar-refractivity contribution in [3.8, 4) is 28.5 Å². The van der Waals surface area contributed by atoms with E-state index in [0.717, 1.165) is 11.1 Å². The van der Waals surface area contributed by atoms with Crippen molar-refractivity contribution in [1.82, 2.24) is 9.97 Å². The Bertz CT molecular complexity index is 1300. The molecule has 0 aliphatic carbocycles. The van der Waals surface area contributed by atoms with Gasteiger partial charge in [-0.2, -0.15) is 0 Å². The highest BCUT2D eigenvalue weighted by Gasteiger charge is 2.14. The Hall–Kier alpha value is -4.59. The molecular weight excluding hydrogens is 456 g/mol. The topological polar surface area (TPSA) is 94.6 Å². The fourth-order valence-corrected chi connectivity index (χ4v) is 3.75. The molecule has 0 atom stereocenters. The first-order valence-corrected chi connectivity index (χ1v) is 11.4. The third-order valence-electron chi connectivity index (χ3n) is 5.50. The molecule has 2 N–H and O–H groups in total. The van der Waals surface area contributed by atoms with Crippen molar-refractivity contribution in [3.05, 3.63) is 84.7 Å². The van der Waals surface area contributed by atoms with Gasteiger partial charge in [0.05, 0.1) is 39.4 Å². The summed E-state index contributed by atoms with van der Waals surface area (Å²) in [6.45, 7) is 0. The highest BCUT2D eigenvalue weighted by molar-refractivity contribution is 5.91. The largest absolute Gasteiger partial charge is 0.493 e. The number of aromatic nitrogens is 2. The van der Waals surface area contributed by atoms with Gasteiger partial charge in [-0.1, -0.05) is 42.5 Å². The second kappa shape index (κ2) is 11.7. The third kappa shape index (κ3) is 6.09. The molecule has 0 unspecified atom stereocenters. The summed E-state index contributed by atoms with van der Waals surface area (Å²) in [5.74, 6) is 2.06. The van der Waals surface area contributed by atoms with Gasteiger partial charge >= 0.3 is 0 Å². The summed E-state index contributed by atoms with van der Waals surface area (Å²) >= 11 is 0. The molecule has 36 heavy (non-hydrogen) atoms. The highest BCUT2D eigenvalue weighted by atomic mass is 16.5. The van der Waals surface area contributed by atoms with Gasteiger partial charge in [0.1, 0.15) is 5.82 Å². The molecule has 1 heterocycles. The number of anilines is 3. The maximum atomic E-state index is 12.5.